The van der Waals surface area contributed by atoms with Gasteiger partial charge >= 0.3 is 0 Å². The van der Waals surface area contributed by atoms with Crippen LogP contribution in [-0.2, 0) is 15.6 Å². The molecule has 0 aliphatic carbocycles. The van der Waals surface area contributed by atoms with Crippen molar-refractivity contribution in [2.45, 2.75) is 15.0 Å². The number of benzene rings is 2. The molecule has 0 unspecified atom stereocenters. The van der Waals surface area contributed by atoms with E-state index < -0.39 is 15.7 Å². The van der Waals surface area contributed by atoms with Crippen LogP contribution in [0.5, 0.6) is 0 Å². The monoisotopic (exact) mass is 430 g/mol. The minimum absolute atomic E-state index is 0.0348. The number of nitrogens with zero attached hydrogens (tertiary/aromatic N) is 3. The van der Waals surface area contributed by atoms with Crippen molar-refractivity contribution >= 4 is 44.0 Å². The van der Waals surface area contributed by atoms with Crippen LogP contribution in [0.2, 0.25) is 0 Å². The Bertz CT molecular complexity index is 1150. The van der Waals surface area contributed by atoms with Crippen LogP contribution in [-0.4, -0.2) is 30.8 Å². The Kier molecular flexibility index (Phi) is 6.08. The molecule has 0 saturated heterocycles. The summed E-state index contributed by atoms with van der Waals surface area (Å²) in [5.74, 6) is 0.0892. The number of hydrogen-bond acceptors (Lipinski definition) is 8. The molecule has 3 aromatic rings. The third-order valence-corrected chi connectivity index (χ3v) is 6.80. The molecule has 0 fully saturated rings. The van der Waals surface area contributed by atoms with Crippen LogP contribution < -0.4 is 5.32 Å². The van der Waals surface area contributed by atoms with Gasteiger partial charge in [-0.1, -0.05) is 47.4 Å². The molecule has 1 N–H and O–H groups in total. The fourth-order valence-corrected chi connectivity index (χ4v) is 4.87. The fraction of sp³-hybridized carbons (Fsp3) is 0.111. The number of aromatic nitrogens is 2. The standard InChI is InChI=1S/C18H14N4O3S3/c1-28(24,25)15-5-3-2-4-14(15)16(23)20-17-21-22-18(27-17)26-11-13-8-6-12(10-19)7-9-13/h2-9H,11H2,1H3,(H,20,21,23). The summed E-state index contributed by atoms with van der Waals surface area (Å²) < 4.78 is 24.4. The van der Waals surface area contributed by atoms with E-state index in [1.165, 1.54) is 35.2 Å². The van der Waals surface area contributed by atoms with Gasteiger partial charge in [0.05, 0.1) is 22.1 Å². The first-order valence-corrected chi connectivity index (χ1v) is 11.6. The fourth-order valence-electron chi connectivity index (χ4n) is 2.28. The summed E-state index contributed by atoms with van der Waals surface area (Å²) in [6.45, 7) is 0. The highest BCUT2D eigenvalue weighted by Crippen LogP contribution is 2.29. The smallest absolute Gasteiger partial charge is 0.258 e. The Hall–Kier alpha value is -2.74. The molecular formula is C18H14N4O3S3. The average molecular weight is 431 g/mol. The maximum absolute atomic E-state index is 12.5. The molecule has 0 aliphatic heterocycles. The molecule has 0 saturated carbocycles. The number of nitriles is 1. The third-order valence-electron chi connectivity index (χ3n) is 3.60. The van der Waals surface area contributed by atoms with Gasteiger partial charge in [-0.2, -0.15) is 5.26 Å². The Balaban J connectivity index is 1.66. The Morgan fingerprint density at radius 1 is 1.18 bits per heavy atom. The zero-order chi connectivity index (χ0) is 20.1. The van der Waals surface area contributed by atoms with Crippen LogP contribution in [0.25, 0.3) is 0 Å². The second kappa shape index (κ2) is 8.52. The van der Waals surface area contributed by atoms with Gasteiger partial charge in [0.15, 0.2) is 14.2 Å². The normalized spacial score (nSPS) is 11.0. The lowest BCUT2D eigenvalue weighted by Gasteiger charge is -2.06. The van der Waals surface area contributed by atoms with Crippen molar-refractivity contribution in [3.8, 4) is 6.07 Å². The van der Waals surface area contributed by atoms with E-state index >= 15 is 0 Å². The van der Waals surface area contributed by atoms with Crippen molar-refractivity contribution < 1.29 is 13.2 Å². The van der Waals surface area contributed by atoms with E-state index in [2.05, 4.69) is 21.6 Å². The summed E-state index contributed by atoms with van der Waals surface area (Å²) in [6.07, 6.45) is 1.06. The molecular weight excluding hydrogens is 416 g/mol. The summed E-state index contributed by atoms with van der Waals surface area (Å²) in [5, 5.41) is 19.7. The van der Waals surface area contributed by atoms with E-state index in [0.717, 1.165) is 11.8 Å². The molecule has 3 rings (SSSR count). The molecule has 1 aromatic heterocycles. The van der Waals surface area contributed by atoms with Gasteiger partial charge in [-0.15, -0.1) is 10.2 Å². The average Bonchev–Trinajstić information content (AvgIpc) is 3.13. The summed E-state index contributed by atoms with van der Waals surface area (Å²) in [6, 6.07) is 15.3. The number of nitrogens with one attached hydrogen (secondary N) is 1. The maximum atomic E-state index is 12.5. The molecule has 1 amide bonds. The highest BCUT2D eigenvalue weighted by molar-refractivity contribution is 8.00. The van der Waals surface area contributed by atoms with Crippen molar-refractivity contribution in [3.05, 3.63) is 65.2 Å². The quantitative estimate of drug-likeness (QED) is 0.471. The van der Waals surface area contributed by atoms with E-state index in [-0.39, 0.29) is 15.6 Å². The molecule has 0 radical (unpaired) electrons. The molecule has 0 atom stereocenters. The highest BCUT2D eigenvalue weighted by atomic mass is 32.2. The van der Waals surface area contributed by atoms with Crippen molar-refractivity contribution in [1.29, 1.82) is 5.26 Å². The summed E-state index contributed by atoms with van der Waals surface area (Å²) >= 11 is 2.66. The van der Waals surface area contributed by atoms with Crippen LogP contribution in [0.3, 0.4) is 0 Å². The van der Waals surface area contributed by atoms with Gasteiger partial charge in [-0.25, -0.2) is 8.42 Å². The van der Waals surface area contributed by atoms with Gasteiger partial charge in [0, 0.05) is 12.0 Å². The third kappa shape index (κ3) is 4.95. The minimum Gasteiger partial charge on any atom is -0.296 e. The number of hydrogen-bond donors (Lipinski definition) is 1. The number of thioether (sulfide) groups is 1. The summed E-state index contributed by atoms with van der Waals surface area (Å²) in [5.41, 5.74) is 1.70. The second-order valence-corrected chi connectivity index (χ2v) is 9.88. The van der Waals surface area contributed by atoms with E-state index in [4.69, 9.17) is 5.26 Å². The lowest BCUT2D eigenvalue weighted by atomic mass is 10.2. The Morgan fingerprint density at radius 3 is 2.57 bits per heavy atom. The van der Waals surface area contributed by atoms with Gasteiger partial charge < -0.3 is 0 Å². The highest BCUT2D eigenvalue weighted by Gasteiger charge is 2.19. The van der Waals surface area contributed by atoms with E-state index in [9.17, 15) is 13.2 Å². The molecule has 0 aliphatic rings. The van der Waals surface area contributed by atoms with Gasteiger partial charge in [0.1, 0.15) is 0 Å². The van der Waals surface area contributed by atoms with Crippen molar-refractivity contribution in [2.24, 2.45) is 0 Å². The predicted molar refractivity (Wildman–Crippen MR) is 108 cm³/mol. The molecule has 28 heavy (non-hydrogen) atoms. The topological polar surface area (TPSA) is 113 Å². The van der Waals surface area contributed by atoms with Crippen molar-refractivity contribution in [2.75, 3.05) is 11.6 Å². The predicted octanol–water partition coefficient (Wildman–Crippen LogP) is 3.36. The zero-order valence-corrected chi connectivity index (χ0v) is 17.1. The maximum Gasteiger partial charge on any atom is 0.258 e. The Labute approximate surface area is 170 Å². The van der Waals surface area contributed by atoms with Crippen LogP contribution >= 0.6 is 23.1 Å². The van der Waals surface area contributed by atoms with E-state index in [1.54, 1.807) is 24.3 Å². The number of anilines is 1. The van der Waals surface area contributed by atoms with Gasteiger partial charge in [0.25, 0.3) is 5.91 Å². The van der Waals surface area contributed by atoms with E-state index in [0.29, 0.717) is 15.7 Å². The van der Waals surface area contributed by atoms with Gasteiger partial charge in [-0.05, 0) is 29.8 Å². The van der Waals surface area contributed by atoms with Crippen LogP contribution in [0.4, 0.5) is 5.13 Å². The number of carbonyl (C=O) groups excluding carboxylic acids is 1. The number of rotatable bonds is 6. The van der Waals surface area contributed by atoms with E-state index in [1.807, 2.05) is 12.1 Å². The molecule has 0 bridgehead atoms. The molecule has 2 aromatic carbocycles. The SMILES string of the molecule is CS(=O)(=O)c1ccccc1C(=O)Nc1nnc(SCc2ccc(C#N)cc2)s1. The van der Waals surface area contributed by atoms with Crippen molar-refractivity contribution in [1.82, 2.24) is 10.2 Å². The van der Waals surface area contributed by atoms with Crippen LogP contribution in [0, 0.1) is 11.3 Å². The lowest BCUT2D eigenvalue weighted by Crippen LogP contribution is -2.15. The lowest BCUT2D eigenvalue weighted by molar-refractivity contribution is 0.102. The first-order chi connectivity index (χ1) is 13.4. The first kappa shape index (κ1) is 20.0. The number of amides is 1. The molecule has 10 heteroatoms. The van der Waals surface area contributed by atoms with Crippen LogP contribution in [0.15, 0.2) is 57.8 Å². The van der Waals surface area contributed by atoms with Gasteiger partial charge in [0.2, 0.25) is 5.13 Å². The summed E-state index contributed by atoms with van der Waals surface area (Å²) in [7, 11) is -3.53. The molecule has 7 nitrogen and oxygen atoms in total. The minimum atomic E-state index is -3.53. The molecule has 1 heterocycles. The Morgan fingerprint density at radius 2 is 1.89 bits per heavy atom. The van der Waals surface area contributed by atoms with Gasteiger partial charge in [-0.3, -0.25) is 10.1 Å². The first-order valence-electron chi connectivity index (χ1n) is 7.92. The second-order valence-electron chi connectivity index (χ2n) is 5.69. The molecule has 142 valence electrons. The number of carbonyl (C=O) groups is 1. The summed E-state index contributed by atoms with van der Waals surface area (Å²) in [4.78, 5) is 12.4. The largest absolute Gasteiger partial charge is 0.296 e. The zero-order valence-electron chi connectivity index (χ0n) is 14.6. The molecule has 0 spiro atoms. The number of sulfone groups is 1. The van der Waals surface area contributed by atoms with Crippen molar-refractivity contribution in [3.63, 3.8) is 0 Å². The van der Waals surface area contributed by atoms with Crippen LogP contribution in [0.1, 0.15) is 21.5 Å².